The molecule has 0 aliphatic rings. The van der Waals surface area contributed by atoms with Crippen LogP contribution in [0.2, 0.25) is 0 Å². The zero-order valence-electron chi connectivity index (χ0n) is 11.1. The van der Waals surface area contributed by atoms with Gasteiger partial charge in [-0.3, -0.25) is 9.59 Å². The number of nitrogens with two attached hydrogens (primary N) is 1. The molecule has 5 nitrogen and oxygen atoms in total. The van der Waals surface area contributed by atoms with E-state index in [-0.39, 0.29) is 24.0 Å². The first-order valence-electron chi connectivity index (χ1n) is 6.02. The van der Waals surface area contributed by atoms with E-state index in [1.165, 1.54) is 37.1 Å². The minimum Gasteiger partial charge on any atom is -0.469 e. The summed E-state index contributed by atoms with van der Waals surface area (Å²) in [6.45, 7) is 0. The fourth-order valence-corrected chi connectivity index (χ4v) is 2.22. The zero-order valence-corrected chi connectivity index (χ0v) is 12.0. The third kappa shape index (κ3) is 5.92. The Bertz CT molecular complexity index is 483. The first-order chi connectivity index (χ1) is 9.52. The van der Waals surface area contributed by atoms with E-state index in [4.69, 9.17) is 5.73 Å². The number of nitrogens with one attached hydrogen (secondary N) is 1. The molecule has 0 saturated heterocycles. The molecule has 0 heterocycles. The van der Waals surface area contributed by atoms with Crippen molar-refractivity contribution in [2.75, 3.05) is 29.7 Å². The van der Waals surface area contributed by atoms with Crippen LogP contribution in [0, 0.1) is 5.82 Å². The van der Waals surface area contributed by atoms with Gasteiger partial charge < -0.3 is 15.8 Å². The Kier molecular flexibility index (Phi) is 6.86. The molecule has 3 N–H and O–H groups in total. The van der Waals surface area contributed by atoms with Crippen LogP contribution >= 0.6 is 11.8 Å². The number of amides is 1. The molecule has 7 heteroatoms. The Morgan fingerprint density at radius 3 is 2.75 bits per heavy atom. The van der Waals surface area contributed by atoms with Gasteiger partial charge in [-0.05, 0) is 18.2 Å². The smallest absolute Gasteiger partial charge is 0.306 e. The first kappa shape index (κ1) is 16.3. The molecule has 0 aliphatic carbocycles. The van der Waals surface area contributed by atoms with Crippen molar-refractivity contribution < 1.29 is 18.7 Å². The van der Waals surface area contributed by atoms with Crippen molar-refractivity contribution in [2.45, 2.75) is 12.8 Å². The molecule has 1 amide bonds. The van der Waals surface area contributed by atoms with Crippen molar-refractivity contribution in [3.8, 4) is 0 Å². The Morgan fingerprint density at radius 1 is 1.35 bits per heavy atom. The zero-order chi connectivity index (χ0) is 15.0. The predicted molar refractivity (Wildman–Crippen MR) is 78.0 cm³/mol. The summed E-state index contributed by atoms with van der Waals surface area (Å²) < 4.78 is 17.9. The van der Waals surface area contributed by atoms with Gasteiger partial charge in [-0.2, -0.15) is 11.8 Å². The number of carbonyl (C=O) groups is 2. The first-order valence-corrected chi connectivity index (χ1v) is 7.18. The van der Waals surface area contributed by atoms with Crippen LogP contribution < -0.4 is 11.1 Å². The topological polar surface area (TPSA) is 81.4 Å². The molecule has 0 atom stereocenters. The van der Waals surface area contributed by atoms with Gasteiger partial charge in [-0.15, -0.1) is 0 Å². The van der Waals surface area contributed by atoms with E-state index in [1.54, 1.807) is 0 Å². The summed E-state index contributed by atoms with van der Waals surface area (Å²) in [6, 6.07) is 4.00. The number of methoxy groups -OCH3 is 1. The lowest BCUT2D eigenvalue weighted by atomic mass is 10.2. The normalized spacial score (nSPS) is 10.1. The van der Waals surface area contributed by atoms with Gasteiger partial charge in [-0.1, -0.05) is 0 Å². The standard InChI is InChI=1S/C13H17FN2O3S/c1-19-13(18)5-7-20-6-4-12(17)16-11-8-9(15)2-3-10(11)14/h2-3,8H,4-7,15H2,1H3,(H,16,17). The van der Waals surface area contributed by atoms with Gasteiger partial charge in [0.25, 0.3) is 0 Å². The highest BCUT2D eigenvalue weighted by atomic mass is 32.2. The van der Waals surface area contributed by atoms with E-state index in [0.717, 1.165) is 0 Å². The second-order valence-corrected chi connectivity index (χ2v) is 5.20. The molecule has 1 aromatic rings. The SMILES string of the molecule is COC(=O)CCSCCC(=O)Nc1cc(N)ccc1F. The number of nitrogen functional groups attached to an aromatic ring is 1. The Labute approximate surface area is 121 Å². The van der Waals surface area contributed by atoms with Gasteiger partial charge in [0.2, 0.25) is 5.91 Å². The van der Waals surface area contributed by atoms with Gasteiger partial charge >= 0.3 is 5.97 Å². The molecule has 20 heavy (non-hydrogen) atoms. The van der Waals surface area contributed by atoms with Crippen LogP contribution in [0.1, 0.15) is 12.8 Å². The van der Waals surface area contributed by atoms with Crippen molar-refractivity contribution in [1.29, 1.82) is 0 Å². The third-order valence-corrected chi connectivity index (χ3v) is 3.40. The highest BCUT2D eigenvalue weighted by Crippen LogP contribution is 2.17. The summed E-state index contributed by atoms with van der Waals surface area (Å²) in [5.74, 6) is 0.0501. The molecule has 1 aromatic carbocycles. The van der Waals surface area contributed by atoms with Crippen LogP contribution in [-0.4, -0.2) is 30.5 Å². The second kappa shape index (κ2) is 8.42. The number of thioether (sulfide) groups is 1. The molecule has 0 unspecified atom stereocenters. The lowest BCUT2D eigenvalue weighted by Gasteiger charge is -2.07. The highest BCUT2D eigenvalue weighted by molar-refractivity contribution is 7.99. The summed E-state index contributed by atoms with van der Waals surface area (Å²) in [6.07, 6.45) is 0.548. The van der Waals surface area contributed by atoms with Crippen LogP contribution in [0.25, 0.3) is 0 Å². The van der Waals surface area contributed by atoms with E-state index < -0.39 is 5.82 Å². The summed E-state index contributed by atoms with van der Waals surface area (Å²) in [5, 5.41) is 2.46. The number of hydrogen-bond acceptors (Lipinski definition) is 5. The summed E-state index contributed by atoms with van der Waals surface area (Å²) in [4.78, 5) is 22.5. The molecule has 0 aromatic heterocycles. The van der Waals surface area contributed by atoms with Gasteiger partial charge in [-0.25, -0.2) is 4.39 Å². The van der Waals surface area contributed by atoms with Crippen molar-refractivity contribution in [1.82, 2.24) is 0 Å². The summed E-state index contributed by atoms with van der Waals surface area (Å²) in [5.41, 5.74) is 5.98. The lowest BCUT2D eigenvalue weighted by molar-refractivity contribution is -0.140. The summed E-state index contributed by atoms with van der Waals surface area (Å²) in [7, 11) is 1.33. The molecule has 110 valence electrons. The van der Waals surface area contributed by atoms with E-state index in [9.17, 15) is 14.0 Å². The number of ether oxygens (including phenoxy) is 1. The molecular formula is C13H17FN2O3S. The number of esters is 1. The van der Waals surface area contributed by atoms with Crippen molar-refractivity contribution >= 4 is 35.0 Å². The number of hydrogen-bond donors (Lipinski definition) is 2. The van der Waals surface area contributed by atoms with Crippen LogP contribution in [0.3, 0.4) is 0 Å². The maximum Gasteiger partial charge on any atom is 0.306 e. The maximum atomic E-state index is 13.4. The number of anilines is 2. The number of rotatable bonds is 7. The van der Waals surface area contributed by atoms with Crippen LogP contribution in [0.5, 0.6) is 0 Å². The Balaban J connectivity index is 2.27. The van der Waals surface area contributed by atoms with Crippen molar-refractivity contribution in [3.63, 3.8) is 0 Å². The Hall–Kier alpha value is -1.76. The minimum atomic E-state index is -0.522. The lowest BCUT2D eigenvalue weighted by Crippen LogP contribution is -2.13. The molecule has 0 aliphatic heterocycles. The van der Waals surface area contributed by atoms with Gasteiger partial charge in [0.05, 0.1) is 19.2 Å². The molecule has 0 radical (unpaired) electrons. The Morgan fingerprint density at radius 2 is 2.05 bits per heavy atom. The largest absolute Gasteiger partial charge is 0.469 e. The third-order valence-electron chi connectivity index (χ3n) is 2.42. The predicted octanol–water partition coefficient (Wildman–Crippen LogP) is 2.03. The fraction of sp³-hybridized carbons (Fsp3) is 0.385. The van der Waals surface area contributed by atoms with Gasteiger partial charge in [0.15, 0.2) is 0 Å². The monoisotopic (exact) mass is 300 g/mol. The van der Waals surface area contributed by atoms with E-state index in [2.05, 4.69) is 10.1 Å². The summed E-state index contributed by atoms with van der Waals surface area (Å²) >= 11 is 1.46. The number of carbonyl (C=O) groups excluding carboxylic acids is 2. The van der Waals surface area contributed by atoms with Crippen LogP contribution in [-0.2, 0) is 14.3 Å². The highest BCUT2D eigenvalue weighted by Gasteiger charge is 2.07. The van der Waals surface area contributed by atoms with Crippen LogP contribution in [0.15, 0.2) is 18.2 Å². The number of benzene rings is 1. The average molecular weight is 300 g/mol. The van der Waals surface area contributed by atoms with Crippen LogP contribution in [0.4, 0.5) is 15.8 Å². The quantitative estimate of drug-likeness (QED) is 0.457. The molecule has 0 bridgehead atoms. The second-order valence-electron chi connectivity index (χ2n) is 3.98. The van der Waals surface area contributed by atoms with E-state index in [0.29, 0.717) is 23.6 Å². The average Bonchev–Trinajstić information content (AvgIpc) is 2.42. The van der Waals surface area contributed by atoms with Gasteiger partial charge in [0.1, 0.15) is 5.82 Å². The van der Waals surface area contributed by atoms with Gasteiger partial charge in [0, 0.05) is 23.6 Å². The molecular weight excluding hydrogens is 283 g/mol. The molecule has 0 saturated carbocycles. The van der Waals surface area contributed by atoms with E-state index in [1.807, 2.05) is 0 Å². The maximum absolute atomic E-state index is 13.4. The van der Waals surface area contributed by atoms with E-state index >= 15 is 0 Å². The molecule has 0 fully saturated rings. The molecule has 0 spiro atoms. The molecule has 1 rings (SSSR count). The number of halogens is 1. The minimum absolute atomic E-state index is 0.0783. The van der Waals surface area contributed by atoms with Crippen molar-refractivity contribution in [2.24, 2.45) is 0 Å². The fourth-order valence-electron chi connectivity index (χ4n) is 1.38. The van der Waals surface area contributed by atoms with Crippen molar-refractivity contribution in [3.05, 3.63) is 24.0 Å².